The predicted molar refractivity (Wildman–Crippen MR) is 63.7 cm³/mol. The van der Waals surface area contributed by atoms with E-state index in [1.54, 1.807) is 0 Å². The maximum Gasteiger partial charge on any atom is 0.237 e. The third kappa shape index (κ3) is 2.38. The molecule has 0 bridgehead atoms. The lowest BCUT2D eigenvalue weighted by molar-refractivity contribution is -0.123. The molecule has 1 amide bonds. The first-order chi connectivity index (χ1) is 7.83. The Morgan fingerprint density at radius 1 is 1.50 bits per heavy atom. The molecule has 3 unspecified atom stereocenters. The van der Waals surface area contributed by atoms with Gasteiger partial charge in [-0.1, -0.05) is 6.42 Å². The zero-order valence-corrected chi connectivity index (χ0v) is 9.67. The summed E-state index contributed by atoms with van der Waals surface area (Å²) in [5.74, 6) is 4.07. The van der Waals surface area contributed by atoms with Gasteiger partial charge in [-0.05, 0) is 37.6 Å². The maximum absolute atomic E-state index is 11.9. The second-order valence-electron chi connectivity index (χ2n) is 4.84. The van der Waals surface area contributed by atoms with Gasteiger partial charge in [0, 0.05) is 13.0 Å². The zero-order valence-electron chi connectivity index (χ0n) is 9.67. The number of hydrogen-bond acceptors (Lipinski definition) is 2. The highest BCUT2D eigenvalue weighted by Gasteiger charge is 2.42. The van der Waals surface area contributed by atoms with E-state index < -0.39 is 0 Å². The van der Waals surface area contributed by atoms with Crippen LogP contribution in [-0.2, 0) is 4.79 Å². The molecule has 2 fully saturated rings. The number of rotatable bonds is 4. The molecule has 3 atom stereocenters. The molecule has 0 aromatic rings. The number of terminal acetylenes is 1. The van der Waals surface area contributed by atoms with Crippen molar-refractivity contribution in [2.24, 2.45) is 11.8 Å². The zero-order chi connectivity index (χ0) is 11.4. The molecule has 16 heavy (non-hydrogen) atoms. The summed E-state index contributed by atoms with van der Waals surface area (Å²) in [6.07, 6.45) is 10.6. The van der Waals surface area contributed by atoms with Gasteiger partial charge in [-0.15, -0.1) is 12.3 Å². The molecule has 88 valence electrons. The third-order valence-electron chi connectivity index (χ3n) is 3.83. The van der Waals surface area contributed by atoms with Gasteiger partial charge in [-0.3, -0.25) is 4.79 Å². The Bertz CT molecular complexity index is 295. The topological polar surface area (TPSA) is 41.1 Å². The van der Waals surface area contributed by atoms with Gasteiger partial charge in [0.25, 0.3) is 0 Å². The quantitative estimate of drug-likeness (QED) is 0.546. The molecule has 0 aromatic carbocycles. The second kappa shape index (κ2) is 5.36. The first kappa shape index (κ1) is 11.5. The van der Waals surface area contributed by atoms with Gasteiger partial charge >= 0.3 is 0 Å². The minimum absolute atomic E-state index is 0.0540. The van der Waals surface area contributed by atoms with Crippen molar-refractivity contribution in [2.45, 2.75) is 38.1 Å². The van der Waals surface area contributed by atoms with E-state index in [1.807, 2.05) is 0 Å². The van der Waals surface area contributed by atoms with Gasteiger partial charge < -0.3 is 10.6 Å². The largest absolute Gasteiger partial charge is 0.355 e. The molecule has 0 spiro atoms. The highest BCUT2D eigenvalue weighted by atomic mass is 16.2. The Morgan fingerprint density at radius 3 is 3.19 bits per heavy atom. The molecule has 0 radical (unpaired) electrons. The maximum atomic E-state index is 11.9. The molecule has 3 heteroatoms. The van der Waals surface area contributed by atoms with Crippen LogP contribution in [0.5, 0.6) is 0 Å². The van der Waals surface area contributed by atoms with Crippen molar-refractivity contribution in [1.82, 2.24) is 10.6 Å². The van der Waals surface area contributed by atoms with Gasteiger partial charge in [0.1, 0.15) is 0 Å². The fraction of sp³-hybridized carbons (Fsp3) is 0.769. The van der Waals surface area contributed by atoms with Crippen LogP contribution in [-0.4, -0.2) is 25.0 Å². The van der Waals surface area contributed by atoms with Crippen molar-refractivity contribution in [3.05, 3.63) is 0 Å². The summed E-state index contributed by atoms with van der Waals surface area (Å²) >= 11 is 0. The molecule has 1 saturated heterocycles. The van der Waals surface area contributed by atoms with Crippen LogP contribution in [0.1, 0.15) is 32.1 Å². The molecular formula is C13H20N2O. The molecule has 2 aliphatic rings. The summed E-state index contributed by atoms with van der Waals surface area (Å²) in [6.45, 7) is 1.73. The molecule has 1 aliphatic carbocycles. The number of carbonyl (C=O) groups is 1. The van der Waals surface area contributed by atoms with Crippen molar-refractivity contribution in [2.75, 3.05) is 13.1 Å². The minimum atomic E-state index is 0.0540. The summed E-state index contributed by atoms with van der Waals surface area (Å²) < 4.78 is 0. The summed E-state index contributed by atoms with van der Waals surface area (Å²) in [4.78, 5) is 11.9. The van der Waals surface area contributed by atoms with E-state index in [4.69, 9.17) is 6.42 Å². The molecular weight excluding hydrogens is 200 g/mol. The molecule has 2 N–H and O–H groups in total. The molecule has 1 saturated carbocycles. The highest BCUT2D eigenvalue weighted by Crippen LogP contribution is 2.37. The Labute approximate surface area is 97.4 Å². The lowest BCUT2D eigenvalue weighted by Crippen LogP contribution is -2.44. The van der Waals surface area contributed by atoms with E-state index in [0.717, 1.165) is 25.3 Å². The van der Waals surface area contributed by atoms with Gasteiger partial charge in [0.15, 0.2) is 0 Å². The molecule has 0 aromatic heterocycles. The highest BCUT2D eigenvalue weighted by molar-refractivity contribution is 5.82. The van der Waals surface area contributed by atoms with Gasteiger partial charge in [-0.25, -0.2) is 0 Å². The average molecular weight is 220 g/mol. The molecule has 3 nitrogen and oxygen atoms in total. The van der Waals surface area contributed by atoms with Crippen LogP contribution in [0.25, 0.3) is 0 Å². The number of fused-ring (bicyclic) bond motifs is 1. The van der Waals surface area contributed by atoms with E-state index in [2.05, 4.69) is 16.6 Å². The van der Waals surface area contributed by atoms with Crippen LogP contribution in [0, 0.1) is 24.2 Å². The normalized spacial score (nSPS) is 32.1. The number of carbonyl (C=O) groups excluding carboxylic acids is 1. The standard InChI is InChI=1S/C13H20N2O/c1-2-3-4-8-14-13(16)12-11-7-5-6-10(11)9-15-12/h1,10-12,15H,3-9H2,(H,14,16). The fourth-order valence-corrected chi connectivity index (χ4v) is 2.99. The summed E-state index contributed by atoms with van der Waals surface area (Å²) in [6, 6.07) is 0.0540. The first-order valence-electron chi connectivity index (χ1n) is 6.27. The summed E-state index contributed by atoms with van der Waals surface area (Å²) in [5, 5.41) is 6.32. The van der Waals surface area contributed by atoms with E-state index in [9.17, 15) is 4.79 Å². The molecule has 1 heterocycles. The monoisotopic (exact) mass is 220 g/mol. The predicted octanol–water partition coefficient (Wildman–Crippen LogP) is 0.904. The van der Waals surface area contributed by atoms with Crippen molar-refractivity contribution < 1.29 is 4.79 Å². The Balaban J connectivity index is 1.75. The number of unbranched alkanes of at least 4 members (excludes halogenated alkanes) is 1. The summed E-state index contributed by atoms with van der Waals surface area (Å²) in [7, 11) is 0. The lowest BCUT2D eigenvalue weighted by Gasteiger charge is -2.17. The van der Waals surface area contributed by atoms with Crippen molar-refractivity contribution in [3.8, 4) is 12.3 Å². The van der Waals surface area contributed by atoms with Crippen molar-refractivity contribution in [3.63, 3.8) is 0 Å². The smallest absolute Gasteiger partial charge is 0.237 e. The molecule has 2 rings (SSSR count). The first-order valence-corrected chi connectivity index (χ1v) is 6.27. The van der Waals surface area contributed by atoms with Crippen LogP contribution in [0.2, 0.25) is 0 Å². The third-order valence-corrected chi connectivity index (χ3v) is 3.83. The van der Waals surface area contributed by atoms with Crippen LogP contribution < -0.4 is 10.6 Å². The van der Waals surface area contributed by atoms with Crippen molar-refractivity contribution >= 4 is 5.91 Å². The van der Waals surface area contributed by atoms with Crippen LogP contribution in [0.4, 0.5) is 0 Å². The number of amides is 1. The van der Waals surface area contributed by atoms with Gasteiger partial charge in [0.05, 0.1) is 6.04 Å². The van der Waals surface area contributed by atoms with Crippen LogP contribution in [0.3, 0.4) is 0 Å². The van der Waals surface area contributed by atoms with E-state index in [-0.39, 0.29) is 11.9 Å². The Morgan fingerprint density at radius 2 is 2.38 bits per heavy atom. The van der Waals surface area contributed by atoms with Crippen molar-refractivity contribution in [1.29, 1.82) is 0 Å². The Hall–Kier alpha value is -1.01. The van der Waals surface area contributed by atoms with E-state index in [1.165, 1.54) is 19.3 Å². The fourth-order valence-electron chi connectivity index (χ4n) is 2.99. The van der Waals surface area contributed by atoms with Gasteiger partial charge in [0.2, 0.25) is 5.91 Å². The minimum Gasteiger partial charge on any atom is -0.355 e. The SMILES string of the molecule is C#CCCCNC(=O)C1NCC2CCCC21. The van der Waals surface area contributed by atoms with Crippen LogP contribution >= 0.6 is 0 Å². The molecule has 1 aliphatic heterocycles. The van der Waals surface area contributed by atoms with Gasteiger partial charge in [-0.2, -0.15) is 0 Å². The number of hydrogen-bond donors (Lipinski definition) is 2. The van der Waals surface area contributed by atoms with E-state index >= 15 is 0 Å². The van der Waals surface area contributed by atoms with E-state index in [0.29, 0.717) is 12.5 Å². The lowest BCUT2D eigenvalue weighted by atomic mass is 9.93. The van der Waals surface area contributed by atoms with Crippen LogP contribution in [0.15, 0.2) is 0 Å². The second-order valence-corrected chi connectivity index (χ2v) is 4.84. The average Bonchev–Trinajstić information content (AvgIpc) is 2.85. The Kier molecular flexibility index (Phi) is 3.84. The summed E-state index contributed by atoms with van der Waals surface area (Å²) in [5.41, 5.74) is 0. The number of nitrogens with one attached hydrogen (secondary N) is 2.